The molecule has 1 aliphatic rings. The maximum Gasteiger partial charge on any atom is 0.196 e. The number of hydrogen-bond donors (Lipinski definition) is 2. The fourth-order valence-corrected chi connectivity index (χ4v) is 3.87. The lowest BCUT2D eigenvalue weighted by Gasteiger charge is -2.34. The molecule has 1 aliphatic heterocycles. The number of nitrogens with zero attached hydrogens (tertiary/aromatic N) is 1. The molecule has 1 saturated heterocycles. The first-order valence-corrected chi connectivity index (χ1v) is 9.51. The number of fused-ring (bicyclic) bond motifs is 1. The third kappa shape index (κ3) is 3.59. The van der Waals surface area contributed by atoms with Crippen LogP contribution in [0.4, 0.5) is 0 Å². The van der Waals surface area contributed by atoms with E-state index in [9.17, 15) is 15.0 Å². The Bertz CT molecular complexity index is 956. The van der Waals surface area contributed by atoms with Gasteiger partial charge in [0.1, 0.15) is 28.2 Å². The van der Waals surface area contributed by atoms with Crippen LogP contribution in [0.3, 0.4) is 0 Å². The third-order valence-electron chi connectivity index (χ3n) is 5.38. The largest absolute Gasteiger partial charge is 0.501 e. The van der Waals surface area contributed by atoms with Crippen LogP contribution in [0.1, 0.15) is 36.5 Å². The number of aliphatic hydroxyl groups is 2. The lowest BCUT2D eigenvalue weighted by Crippen LogP contribution is -2.40. The molecule has 1 fully saturated rings. The van der Waals surface area contributed by atoms with Crippen LogP contribution in [0.5, 0.6) is 11.5 Å². The van der Waals surface area contributed by atoms with Gasteiger partial charge < -0.3 is 29.0 Å². The molecule has 0 spiro atoms. The van der Waals surface area contributed by atoms with Crippen LogP contribution in [0.15, 0.2) is 21.3 Å². The molecule has 0 bridgehead atoms. The Balaban J connectivity index is 2.34. The molecule has 152 valence electrons. The molecule has 0 radical (unpaired) electrons. The van der Waals surface area contributed by atoms with Gasteiger partial charge in [0.25, 0.3) is 0 Å². The normalized spacial score (nSPS) is 21.5. The molecule has 2 N–H and O–H groups in total. The summed E-state index contributed by atoms with van der Waals surface area (Å²) in [6, 6.07) is 2.97. The van der Waals surface area contributed by atoms with Crippen molar-refractivity contribution in [3.63, 3.8) is 0 Å². The SMILES string of the molecule is COc1cc(OC)c2c(=O)cc(C(C)C(O)=S)oc2c1C1CCN(C)CC1O. The smallest absolute Gasteiger partial charge is 0.196 e. The second-order valence-corrected chi connectivity index (χ2v) is 7.61. The van der Waals surface area contributed by atoms with Crippen molar-refractivity contribution in [3.05, 3.63) is 33.7 Å². The van der Waals surface area contributed by atoms with Crippen LogP contribution in [0.2, 0.25) is 0 Å². The van der Waals surface area contributed by atoms with E-state index in [1.165, 1.54) is 20.3 Å². The van der Waals surface area contributed by atoms with Crippen molar-refractivity contribution in [1.29, 1.82) is 0 Å². The van der Waals surface area contributed by atoms with Gasteiger partial charge in [-0.05, 0) is 39.2 Å². The van der Waals surface area contributed by atoms with E-state index in [2.05, 4.69) is 0 Å². The number of piperidine rings is 1. The molecule has 7 nitrogen and oxygen atoms in total. The monoisotopic (exact) mass is 407 g/mol. The van der Waals surface area contributed by atoms with E-state index in [0.29, 0.717) is 35.6 Å². The summed E-state index contributed by atoms with van der Waals surface area (Å²) in [6.07, 6.45) is 0.0340. The summed E-state index contributed by atoms with van der Waals surface area (Å²) >= 11 is 4.85. The summed E-state index contributed by atoms with van der Waals surface area (Å²) in [5.41, 5.74) is 0.631. The second kappa shape index (κ2) is 8.06. The highest BCUT2D eigenvalue weighted by molar-refractivity contribution is 7.80. The van der Waals surface area contributed by atoms with Crippen molar-refractivity contribution in [1.82, 2.24) is 4.90 Å². The molecule has 28 heavy (non-hydrogen) atoms. The van der Waals surface area contributed by atoms with Gasteiger partial charge in [-0.25, -0.2) is 0 Å². The quantitative estimate of drug-likeness (QED) is 0.731. The fraction of sp³-hybridized carbons (Fsp3) is 0.500. The predicted octanol–water partition coefficient (Wildman–Crippen LogP) is 2.58. The summed E-state index contributed by atoms with van der Waals surface area (Å²) in [5.74, 6) is 0.174. The third-order valence-corrected chi connectivity index (χ3v) is 5.73. The van der Waals surface area contributed by atoms with Crippen LogP contribution >= 0.6 is 12.2 Å². The Morgan fingerprint density at radius 3 is 2.57 bits per heavy atom. The summed E-state index contributed by atoms with van der Waals surface area (Å²) in [4.78, 5) is 14.9. The Morgan fingerprint density at radius 2 is 2.00 bits per heavy atom. The van der Waals surface area contributed by atoms with Crippen molar-refractivity contribution in [3.8, 4) is 11.5 Å². The highest BCUT2D eigenvalue weighted by Gasteiger charge is 2.33. The first kappa shape index (κ1) is 20.6. The van der Waals surface area contributed by atoms with E-state index < -0.39 is 12.0 Å². The number of hydrogen-bond acceptors (Lipinski definition) is 7. The molecule has 1 aromatic carbocycles. The number of rotatable bonds is 5. The molecule has 3 rings (SSSR count). The number of ether oxygens (including phenoxy) is 2. The van der Waals surface area contributed by atoms with Gasteiger partial charge in [0, 0.05) is 30.2 Å². The molecule has 1 aromatic heterocycles. The number of thiocarbonyl (C=S) groups is 1. The van der Waals surface area contributed by atoms with Crippen molar-refractivity contribution >= 4 is 28.2 Å². The topological polar surface area (TPSA) is 92.4 Å². The maximum absolute atomic E-state index is 12.9. The molecule has 2 aromatic rings. The number of likely N-dealkylation sites (N-methyl/N-ethyl adjacent to an activating group) is 1. The minimum absolute atomic E-state index is 0.254. The van der Waals surface area contributed by atoms with Gasteiger partial charge in [-0.2, -0.15) is 0 Å². The first-order valence-electron chi connectivity index (χ1n) is 9.10. The molecule has 0 amide bonds. The highest BCUT2D eigenvalue weighted by atomic mass is 32.1. The molecular weight excluding hydrogens is 382 g/mol. The van der Waals surface area contributed by atoms with Crippen molar-refractivity contribution in [2.45, 2.75) is 31.3 Å². The van der Waals surface area contributed by atoms with Gasteiger partial charge in [0.15, 0.2) is 10.5 Å². The predicted molar refractivity (Wildman–Crippen MR) is 110 cm³/mol. The molecule has 0 saturated carbocycles. The number of β-amino-alcohol motifs (C(OH)–C–C–N with tert-alkyl or cyclic N) is 1. The Labute approximate surface area is 168 Å². The van der Waals surface area contributed by atoms with Crippen LogP contribution < -0.4 is 14.9 Å². The van der Waals surface area contributed by atoms with Crippen LogP contribution in [-0.4, -0.2) is 60.6 Å². The fourth-order valence-electron chi connectivity index (χ4n) is 3.76. The first-order chi connectivity index (χ1) is 13.3. The number of methoxy groups -OCH3 is 2. The molecule has 0 aliphatic carbocycles. The van der Waals surface area contributed by atoms with Gasteiger partial charge in [-0.1, -0.05) is 0 Å². The lowest BCUT2D eigenvalue weighted by atomic mass is 9.85. The van der Waals surface area contributed by atoms with Crippen LogP contribution in [-0.2, 0) is 0 Å². The van der Waals surface area contributed by atoms with E-state index in [-0.39, 0.29) is 27.5 Å². The van der Waals surface area contributed by atoms with Gasteiger partial charge in [-0.15, -0.1) is 0 Å². The van der Waals surface area contributed by atoms with E-state index in [1.54, 1.807) is 13.0 Å². The van der Waals surface area contributed by atoms with E-state index >= 15 is 0 Å². The standard InChI is InChI=1S/C20H25NO6S/c1-10(20(24)28)14-7-12(22)18-16(26-4)8-15(25-3)17(19(18)27-14)11-5-6-21(2)9-13(11)23/h7-8,10-11,13,23H,5-6,9H2,1-4H3,(H,24,28). The van der Waals surface area contributed by atoms with Crippen molar-refractivity contribution in [2.75, 3.05) is 34.4 Å². The molecular formula is C20H25NO6S. The molecule has 3 atom stereocenters. The summed E-state index contributed by atoms with van der Waals surface area (Å²) in [5, 5.41) is 20.4. The summed E-state index contributed by atoms with van der Waals surface area (Å²) < 4.78 is 17.0. The van der Waals surface area contributed by atoms with Crippen LogP contribution in [0.25, 0.3) is 11.0 Å². The zero-order valence-corrected chi connectivity index (χ0v) is 17.2. The lowest BCUT2D eigenvalue weighted by molar-refractivity contribution is 0.0630. The van der Waals surface area contributed by atoms with E-state index in [0.717, 1.165) is 6.54 Å². The zero-order chi connectivity index (χ0) is 20.6. The Hall–Kier alpha value is -2.16. The van der Waals surface area contributed by atoms with Gasteiger partial charge >= 0.3 is 0 Å². The molecule has 2 heterocycles. The number of benzene rings is 1. The number of likely N-dealkylation sites (tertiary alicyclic amines) is 1. The van der Waals surface area contributed by atoms with Gasteiger partial charge in [-0.3, -0.25) is 4.79 Å². The zero-order valence-electron chi connectivity index (χ0n) is 16.4. The summed E-state index contributed by atoms with van der Waals surface area (Å²) in [7, 11) is 4.95. The second-order valence-electron chi connectivity index (χ2n) is 7.20. The maximum atomic E-state index is 12.9. The average Bonchev–Trinajstić information content (AvgIpc) is 2.66. The minimum atomic E-state index is -0.644. The molecule has 8 heteroatoms. The van der Waals surface area contributed by atoms with E-state index in [4.69, 9.17) is 26.1 Å². The molecule has 3 unspecified atom stereocenters. The highest BCUT2D eigenvalue weighted by Crippen LogP contribution is 2.43. The minimum Gasteiger partial charge on any atom is -0.501 e. The van der Waals surface area contributed by atoms with E-state index in [1.807, 2.05) is 11.9 Å². The average molecular weight is 407 g/mol. The Morgan fingerprint density at radius 1 is 1.32 bits per heavy atom. The number of aliphatic hydroxyl groups excluding tert-OH is 2. The summed E-state index contributed by atoms with van der Waals surface area (Å²) in [6.45, 7) is 2.95. The van der Waals surface area contributed by atoms with Crippen LogP contribution in [0, 0.1) is 0 Å². The van der Waals surface area contributed by atoms with Crippen molar-refractivity contribution in [2.24, 2.45) is 0 Å². The van der Waals surface area contributed by atoms with Gasteiger partial charge in [0.2, 0.25) is 0 Å². The Kier molecular flexibility index (Phi) is 5.92. The van der Waals surface area contributed by atoms with Crippen molar-refractivity contribution < 1.29 is 24.1 Å². The van der Waals surface area contributed by atoms with Gasteiger partial charge in [0.05, 0.1) is 26.2 Å².